The van der Waals surface area contributed by atoms with Crippen molar-refractivity contribution in [3.8, 4) is 5.75 Å². The first-order valence-electron chi connectivity index (χ1n) is 5.78. The molecule has 0 unspecified atom stereocenters. The van der Waals surface area contributed by atoms with E-state index in [1.165, 1.54) is 0 Å². The van der Waals surface area contributed by atoms with Crippen LogP contribution in [0.25, 0.3) is 0 Å². The quantitative estimate of drug-likeness (QED) is 0.672. The van der Waals surface area contributed by atoms with Crippen molar-refractivity contribution < 1.29 is 24.5 Å². The van der Waals surface area contributed by atoms with Crippen molar-refractivity contribution in [2.75, 3.05) is 7.11 Å². The SMILES string of the molecule is COc1ccc(C[C@@H](C[C@@H](N)C(=O)O)C(=O)O)cc1. The number of benzene rings is 1. The van der Waals surface area contributed by atoms with Crippen molar-refractivity contribution in [1.29, 1.82) is 0 Å². The Morgan fingerprint density at radius 3 is 2.21 bits per heavy atom. The third kappa shape index (κ3) is 4.59. The van der Waals surface area contributed by atoms with Crippen LogP contribution < -0.4 is 10.5 Å². The number of nitrogens with two attached hydrogens (primary N) is 1. The molecule has 2 atom stereocenters. The van der Waals surface area contributed by atoms with Crippen molar-refractivity contribution in [2.45, 2.75) is 18.9 Å². The molecule has 19 heavy (non-hydrogen) atoms. The van der Waals surface area contributed by atoms with Crippen LogP contribution in [-0.2, 0) is 16.0 Å². The molecule has 0 aromatic heterocycles. The first kappa shape index (κ1) is 15.0. The zero-order valence-corrected chi connectivity index (χ0v) is 10.6. The lowest BCUT2D eigenvalue weighted by molar-refractivity contribution is -0.143. The minimum atomic E-state index is -1.19. The Morgan fingerprint density at radius 1 is 1.21 bits per heavy atom. The van der Waals surface area contributed by atoms with E-state index in [1.54, 1.807) is 31.4 Å². The monoisotopic (exact) mass is 267 g/mol. The summed E-state index contributed by atoms with van der Waals surface area (Å²) in [6, 6.07) is 5.79. The Hall–Kier alpha value is -2.08. The van der Waals surface area contributed by atoms with Gasteiger partial charge in [0.15, 0.2) is 0 Å². The largest absolute Gasteiger partial charge is 0.497 e. The molecule has 0 aliphatic rings. The van der Waals surface area contributed by atoms with E-state index in [0.717, 1.165) is 5.56 Å². The first-order valence-corrected chi connectivity index (χ1v) is 5.78. The van der Waals surface area contributed by atoms with Gasteiger partial charge in [0, 0.05) is 0 Å². The summed E-state index contributed by atoms with van der Waals surface area (Å²) in [5.74, 6) is -2.38. The second-order valence-electron chi connectivity index (χ2n) is 4.27. The molecule has 0 saturated heterocycles. The van der Waals surface area contributed by atoms with Crippen molar-refractivity contribution >= 4 is 11.9 Å². The van der Waals surface area contributed by atoms with Crippen LogP contribution in [0.2, 0.25) is 0 Å². The van der Waals surface area contributed by atoms with E-state index in [0.29, 0.717) is 5.75 Å². The Morgan fingerprint density at radius 2 is 1.79 bits per heavy atom. The highest BCUT2D eigenvalue weighted by Gasteiger charge is 2.24. The predicted octanol–water partition coefficient (Wildman–Crippen LogP) is 0.740. The highest BCUT2D eigenvalue weighted by Crippen LogP contribution is 2.17. The lowest BCUT2D eigenvalue weighted by Crippen LogP contribution is -2.35. The molecule has 0 bridgehead atoms. The van der Waals surface area contributed by atoms with E-state index in [9.17, 15) is 9.59 Å². The van der Waals surface area contributed by atoms with Gasteiger partial charge in [-0.3, -0.25) is 9.59 Å². The molecule has 0 amide bonds. The molecule has 0 saturated carbocycles. The number of rotatable bonds is 7. The van der Waals surface area contributed by atoms with Gasteiger partial charge < -0.3 is 20.7 Å². The van der Waals surface area contributed by atoms with Gasteiger partial charge in [0.1, 0.15) is 11.8 Å². The minimum absolute atomic E-state index is 0.101. The summed E-state index contributed by atoms with van der Waals surface area (Å²) < 4.78 is 5.00. The third-order valence-electron chi connectivity index (χ3n) is 2.85. The normalized spacial score (nSPS) is 13.6. The highest BCUT2D eigenvalue weighted by atomic mass is 16.5. The number of hydrogen-bond donors (Lipinski definition) is 3. The van der Waals surface area contributed by atoms with Gasteiger partial charge >= 0.3 is 11.9 Å². The van der Waals surface area contributed by atoms with Crippen molar-refractivity contribution in [2.24, 2.45) is 11.7 Å². The van der Waals surface area contributed by atoms with Gasteiger partial charge in [-0.05, 0) is 30.5 Å². The van der Waals surface area contributed by atoms with Crippen LogP contribution >= 0.6 is 0 Å². The maximum absolute atomic E-state index is 11.1. The second-order valence-corrected chi connectivity index (χ2v) is 4.27. The van der Waals surface area contributed by atoms with E-state index >= 15 is 0 Å². The number of carbonyl (C=O) groups is 2. The van der Waals surface area contributed by atoms with Gasteiger partial charge in [-0.2, -0.15) is 0 Å². The Bertz CT molecular complexity index is 443. The summed E-state index contributed by atoms with van der Waals surface area (Å²) >= 11 is 0. The molecule has 104 valence electrons. The number of methoxy groups -OCH3 is 1. The van der Waals surface area contributed by atoms with E-state index in [1.807, 2.05) is 0 Å². The molecule has 0 aliphatic carbocycles. The zero-order chi connectivity index (χ0) is 14.4. The molecule has 0 radical (unpaired) electrons. The molecule has 0 aliphatic heterocycles. The van der Waals surface area contributed by atoms with Gasteiger partial charge in [0.25, 0.3) is 0 Å². The fraction of sp³-hybridized carbons (Fsp3) is 0.385. The van der Waals surface area contributed by atoms with Gasteiger partial charge in [-0.1, -0.05) is 12.1 Å². The maximum atomic E-state index is 11.1. The molecule has 0 spiro atoms. The van der Waals surface area contributed by atoms with Crippen molar-refractivity contribution in [3.05, 3.63) is 29.8 Å². The topological polar surface area (TPSA) is 110 Å². The third-order valence-corrected chi connectivity index (χ3v) is 2.85. The number of ether oxygens (including phenoxy) is 1. The number of carboxylic acids is 2. The van der Waals surface area contributed by atoms with E-state index in [-0.39, 0.29) is 12.8 Å². The minimum Gasteiger partial charge on any atom is -0.497 e. The Balaban J connectivity index is 2.72. The van der Waals surface area contributed by atoms with Crippen LogP contribution in [0, 0.1) is 5.92 Å². The molecule has 0 fully saturated rings. The average Bonchev–Trinajstić information content (AvgIpc) is 2.38. The van der Waals surface area contributed by atoms with Gasteiger partial charge in [-0.25, -0.2) is 0 Å². The van der Waals surface area contributed by atoms with Crippen LogP contribution in [0.1, 0.15) is 12.0 Å². The number of aliphatic carboxylic acids is 2. The van der Waals surface area contributed by atoms with Gasteiger partial charge in [-0.15, -0.1) is 0 Å². The Kier molecular flexibility index (Phi) is 5.32. The summed E-state index contributed by atoms with van der Waals surface area (Å²) in [6.45, 7) is 0. The molecule has 1 aromatic carbocycles. The fourth-order valence-corrected chi connectivity index (χ4v) is 1.72. The van der Waals surface area contributed by atoms with Crippen LogP contribution in [-0.4, -0.2) is 35.3 Å². The summed E-state index contributed by atoms with van der Waals surface area (Å²) in [7, 11) is 1.54. The summed E-state index contributed by atoms with van der Waals surface area (Å²) in [4.78, 5) is 21.8. The van der Waals surface area contributed by atoms with E-state index < -0.39 is 23.9 Å². The molecule has 0 heterocycles. The first-order chi connectivity index (χ1) is 8.93. The van der Waals surface area contributed by atoms with E-state index in [2.05, 4.69) is 0 Å². The van der Waals surface area contributed by atoms with Crippen LogP contribution in [0.3, 0.4) is 0 Å². The molecule has 1 aromatic rings. The number of hydrogen-bond acceptors (Lipinski definition) is 4. The van der Waals surface area contributed by atoms with Crippen LogP contribution in [0.15, 0.2) is 24.3 Å². The van der Waals surface area contributed by atoms with E-state index in [4.69, 9.17) is 20.7 Å². The summed E-state index contributed by atoms with van der Waals surface area (Å²) in [5.41, 5.74) is 6.17. The second kappa shape index (κ2) is 6.75. The van der Waals surface area contributed by atoms with Crippen molar-refractivity contribution in [3.63, 3.8) is 0 Å². The fourth-order valence-electron chi connectivity index (χ4n) is 1.72. The standard InChI is InChI=1S/C13H17NO5/c1-19-10-4-2-8(3-5-10)6-9(12(15)16)7-11(14)13(17)18/h2-5,9,11H,6-7,14H2,1H3,(H,15,16)(H,17,18)/t9-,11+/m0/s1. The summed E-state index contributed by atoms with van der Waals surface area (Å²) in [6.07, 6.45) is 0.136. The average molecular weight is 267 g/mol. The van der Waals surface area contributed by atoms with Crippen LogP contribution in [0.4, 0.5) is 0 Å². The molecule has 1 rings (SSSR count). The lowest BCUT2D eigenvalue weighted by Gasteiger charge is -2.15. The van der Waals surface area contributed by atoms with Crippen molar-refractivity contribution in [1.82, 2.24) is 0 Å². The van der Waals surface area contributed by atoms with Gasteiger partial charge in [0.2, 0.25) is 0 Å². The lowest BCUT2D eigenvalue weighted by atomic mass is 9.93. The predicted molar refractivity (Wildman–Crippen MR) is 68.1 cm³/mol. The number of carboxylic acid groups (broad SMARTS) is 2. The molecular formula is C13H17NO5. The molecule has 6 heteroatoms. The summed E-state index contributed by atoms with van der Waals surface area (Å²) in [5, 5.41) is 17.8. The maximum Gasteiger partial charge on any atom is 0.320 e. The van der Waals surface area contributed by atoms with Gasteiger partial charge in [0.05, 0.1) is 13.0 Å². The highest BCUT2D eigenvalue weighted by molar-refractivity contribution is 5.76. The molecule has 6 nitrogen and oxygen atoms in total. The smallest absolute Gasteiger partial charge is 0.320 e. The Labute approximate surface area is 110 Å². The molecule has 4 N–H and O–H groups in total. The van der Waals surface area contributed by atoms with Crippen LogP contribution in [0.5, 0.6) is 5.75 Å². The zero-order valence-electron chi connectivity index (χ0n) is 10.6. The molecular weight excluding hydrogens is 250 g/mol.